The first-order chi connectivity index (χ1) is 16.6. The van der Waals surface area contributed by atoms with Gasteiger partial charge in [-0.15, -0.1) is 0 Å². The molecule has 1 N–H and O–H groups in total. The lowest BCUT2D eigenvalue weighted by Gasteiger charge is -2.13. The standard InChI is InChI=1S/C29H26N2O3/c1-20-18-21(14-16-25(20)29(34-3)31-24-12-8-5-9-13-24)22-15-17-26(27(19-22)33-2)28(32)30-23-10-6-4-7-11-23/h4-19H,1-3H3,(H,30,32)/b31-29-. The Morgan fingerprint density at radius 3 is 2.00 bits per heavy atom. The zero-order chi connectivity index (χ0) is 23.9. The van der Waals surface area contributed by atoms with E-state index in [9.17, 15) is 4.79 Å². The van der Waals surface area contributed by atoms with Crippen molar-refractivity contribution in [3.05, 3.63) is 114 Å². The van der Waals surface area contributed by atoms with Gasteiger partial charge in [0, 0.05) is 11.3 Å². The van der Waals surface area contributed by atoms with Crippen molar-refractivity contribution in [2.24, 2.45) is 4.99 Å². The molecule has 0 saturated heterocycles. The summed E-state index contributed by atoms with van der Waals surface area (Å²) in [6.07, 6.45) is 0. The van der Waals surface area contributed by atoms with Crippen molar-refractivity contribution in [3.8, 4) is 16.9 Å². The number of methoxy groups -OCH3 is 2. The molecule has 34 heavy (non-hydrogen) atoms. The molecule has 0 bridgehead atoms. The van der Waals surface area contributed by atoms with Crippen LogP contribution >= 0.6 is 0 Å². The Kier molecular flexibility index (Phi) is 7.04. The highest BCUT2D eigenvalue weighted by atomic mass is 16.5. The van der Waals surface area contributed by atoms with Gasteiger partial charge in [-0.25, -0.2) is 4.99 Å². The van der Waals surface area contributed by atoms with Crippen LogP contribution in [0.2, 0.25) is 0 Å². The van der Waals surface area contributed by atoms with Crippen LogP contribution in [-0.2, 0) is 4.74 Å². The van der Waals surface area contributed by atoms with E-state index in [-0.39, 0.29) is 5.91 Å². The second-order valence-corrected chi connectivity index (χ2v) is 7.72. The third-order valence-corrected chi connectivity index (χ3v) is 5.45. The lowest BCUT2D eigenvalue weighted by molar-refractivity contribution is 0.102. The number of rotatable bonds is 6. The van der Waals surface area contributed by atoms with Gasteiger partial charge in [0.25, 0.3) is 5.91 Å². The lowest BCUT2D eigenvalue weighted by atomic mass is 9.98. The zero-order valence-electron chi connectivity index (χ0n) is 19.4. The van der Waals surface area contributed by atoms with Crippen molar-refractivity contribution < 1.29 is 14.3 Å². The average molecular weight is 451 g/mol. The van der Waals surface area contributed by atoms with Gasteiger partial charge in [-0.3, -0.25) is 4.79 Å². The van der Waals surface area contributed by atoms with Crippen LogP contribution in [0.15, 0.2) is 102 Å². The Morgan fingerprint density at radius 2 is 1.38 bits per heavy atom. The summed E-state index contributed by atoms with van der Waals surface area (Å²) in [5.74, 6) is 0.847. The molecule has 0 atom stereocenters. The lowest BCUT2D eigenvalue weighted by Crippen LogP contribution is -2.13. The smallest absolute Gasteiger partial charge is 0.259 e. The number of ether oxygens (including phenoxy) is 2. The van der Waals surface area contributed by atoms with Crippen LogP contribution < -0.4 is 10.1 Å². The minimum absolute atomic E-state index is 0.219. The molecule has 0 radical (unpaired) electrons. The Morgan fingerprint density at radius 1 is 0.765 bits per heavy atom. The summed E-state index contributed by atoms with van der Waals surface area (Å²) in [5.41, 5.74) is 5.93. The van der Waals surface area contributed by atoms with Gasteiger partial charge in [0.2, 0.25) is 5.90 Å². The number of benzene rings is 4. The van der Waals surface area contributed by atoms with E-state index < -0.39 is 0 Å². The summed E-state index contributed by atoms with van der Waals surface area (Å²) in [7, 11) is 3.19. The number of anilines is 1. The number of aliphatic imine (C=N–C) groups is 1. The van der Waals surface area contributed by atoms with Gasteiger partial charge in [-0.05, 0) is 66.1 Å². The second kappa shape index (κ2) is 10.5. The number of nitrogens with one attached hydrogen (secondary N) is 1. The van der Waals surface area contributed by atoms with Crippen molar-refractivity contribution in [3.63, 3.8) is 0 Å². The number of para-hydroxylation sites is 2. The number of amides is 1. The highest BCUT2D eigenvalue weighted by Gasteiger charge is 2.15. The number of aryl methyl sites for hydroxylation is 1. The van der Waals surface area contributed by atoms with E-state index in [1.807, 2.05) is 91.9 Å². The third kappa shape index (κ3) is 5.15. The van der Waals surface area contributed by atoms with Gasteiger partial charge >= 0.3 is 0 Å². The van der Waals surface area contributed by atoms with Crippen molar-refractivity contribution in [2.75, 3.05) is 19.5 Å². The molecule has 0 aliphatic carbocycles. The number of nitrogens with zero attached hydrogens (tertiary/aromatic N) is 1. The van der Waals surface area contributed by atoms with Crippen LogP contribution in [0.4, 0.5) is 11.4 Å². The molecule has 0 unspecified atom stereocenters. The number of carbonyl (C=O) groups excluding carboxylic acids is 1. The molecule has 0 aliphatic heterocycles. The highest BCUT2D eigenvalue weighted by molar-refractivity contribution is 6.06. The maximum absolute atomic E-state index is 12.8. The maximum atomic E-state index is 12.8. The first-order valence-electron chi connectivity index (χ1n) is 10.9. The first-order valence-corrected chi connectivity index (χ1v) is 10.9. The normalized spacial score (nSPS) is 11.1. The van der Waals surface area contributed by atoms with Crippen molar-refractivity contribution in [1.82, 2.24) is 0 Å². The summed E-state index contributed by atoms with van der Waals surface area (Å²) in [5, 5.41) is 2.90. The van der Waals surface area contributed by atoms with E-state index in [2.05, 4.69) is 16.4 Å². The molecule has 5 heteroatoms. The van der Waals surface area contributed by atoms with E-state index in [1.54, 1.807) is 20.3 Å². The molecule has 4 rings (SSSR count). The molecule has 0 fully saturated rings. The van der Waals surface area contributed by atoms with Crippen molar-refractivity contribution >= 4 is 23.2 Å². The van der Waals surface area contributed by atoms with E-state index in [0.717, 1.165) is 33.6 Å². The van der Waals surface area contributed by atoms with Crippen LogP contribution in [0.3, 0.4) is 0 Å². The van der Waals surface area contributed by atoms with Crippen LogP contribution in [0.1, 0.15) is 21.5 Å². The van der Waals surface area contributed by atoms with Gasteiger partial charge in [-0.1, -0.05) is 54.6 Å². The van der Waals surface area contributed by atoms with Gasteiger partial charge in [0.05, 0.1) is 25.5 Å². The molecule has 0 saturated carbocycles. The van der Waals surface area contributed by atoms with E-state index in [1.165, 1.54) is 0 Å². The third-order valence-electron chi connectivity index (χ3n) is 5.45. The summed E-state index contributed by atoms with van der Waals surface area (Å²) >= 11 is 0. The molecular weight excluding hydrogens is 424 g/mol. The Hall–Kier alpha value is -4.38. The van der Waals surface area contributed by atoms with E-state index >= 15 is 0 Å². The van der Waals surface area contributed by atoms with E-state index in [0.29, 0.717) is 17.2 Å². The number of hydrogen-bond acceptors (Lipinski definition) is 4. The van der Waals surface area contributed by atoms with Crippen LogP contribution in [0.25, 0.3) is 11.1 Å². The predicted molar refractivity (Wildman–Crippen MR) is 137 cm³/mol. The minimum atomic E-state index is -0.219. The molecule has 0 aromatic heterocycles. The quantitative estimate of drug-likeness (QED) is 0.264. The number of carbonyl (C=O) groups is 1. The Balaban J connectivity index is 1.61. The first kappa shape index (κ1) is 22.8. The summed E-state index contributed by atoms with van der Waals surface area (Å²) in [4.78, 5) is 17.4. The monoisotopic (exact) mass is 450 g/mol. The van der Waals surface area contributed by atoms with Crippen LogP contribution in [0, 0.1) is 6.92 Å². The van der Waals surface area contributed by atoms with Crippen LogP contribution in [-0.4, -0.2) is 26.0 Å². The fourth-order valence-corrected chi connectivity index (χ4v) is 3.70. The average Bonchev–Trinajstić information content (AvgIpc) is 2.88. The van der Waals surface area contributed by atoms with Crippen LogP contribution in [0.5, 0.6) is 5.75 Å². The molecule has 0 heterocycles. The van der Waals surface area contributed by atoms with E-state index in [4.69, 9.17) is 9.47 Å². The number of hydrogen-bond donors (Lipinski definition) is 1. The zero-order valence-corrected chi connectivity index (χ0v) is 19.4. The molecule has 170 valence electrons. The highest BCUT2D eigenvalue weighted by Crippen LogP contribution is 2.30. The van der Waals surface area contributed by atoms with Gasteiger partial charge in [0.15, 0.2) is 0 Å². The topological polar surface area (TPSA) is 59.9 Å². The van der Waals surface area contributed by atoms with Gasteiger partial charge in [-0.2, -0.15) is 0 Å². The molecule has 1 amide bonds. The predicted octanol–water partition coefficient (Wildman–Crippen LogP) is 6.65. The van der Waals surface area contributed by atoms with Crippen molar-refractivity contribution in [2.45, 2.75) is 6.92 Å². The van der Waals surface area contributed by atoms with Gasteiger partial charge in [0.1, 0.15) is 5.75 Å². The minimum Gasteiger partial charge on any atom is -0.496 e. The van der Waals surface area contributed by atoms with Gasteiger partial charge < -0.3 is 14.8 Å². The van der Waals surface area contributed by atoms with Crippen molar-refractivity contribution in [1.29, 1.82) is 0 Å². The fourth-order valence-electron chi connectivity index (χ4n) is 3.70. The molecule has 0 aliphatic rings. The second-order valence-electron chi connectivity index (χ2n) is 7.72. The summed E-state index contributed by atoms with van der Waals surface area (Å²) in [6, 6.07) is 30.7. The Bertz CT molecular complexity index is 1320. The molecule has 4 aromatic rings. The maximum Gasteiger partial charge on any atom is 0.259 e. The molecular formula is C29H26N2O3. The molecule has 4 aromatic carbocycles. The summed E-state index contributed by atoms with van der Waals surface area (Å²) in [6.45, 7) is 2.03. The molecule has 5 nitrogen and oxygen atoms in total. The SMILES string of the molecule is CO/C(=N\c1ccccc1)c1ccc(-c2ccc(C(=O)Nc3ccccc3)c(OC)c2)cc1C. The fraction of sp³-hybridized carbons (Fsp3) is 0.103. The summed E-state index contributed by atoms with van der Waals surface area (Å²) < 4.78 is 11.1. The largest absolute Gasteiger partial charge is 0.496 e. The molecule has 0 spiro atoms. The Labute approximate surface area is 199 Å².